The second-order valence-electron chi connectivity index (χ2n) is 5.46. The molecule has 0 radical (unpaired) electrons. The highest BCUT2D eigenvalue weighted by atomic mass is 14.3. The highest BCUT2D eigenvalue weighted by molar-refractivity contribution is 6.09. The lowest BCUT2D eigenvalue weighted by Gasteiger charge is -2.09. The van der Waals surface area contributed by atoms with E-state index in [1.54, 1.807) is 0 Å². The number of hydrogen-bond acceptors (Lipinski definition) is 0. The summed E-state index contributed by atoms with van der Waals surface area (Å²) in [6.45, 7) is 2.23. The monoisotopic (exact) mass is 268 g/mol. The van der Waals surface area contributed by atoms with Crippen LogP contribution < -0.4 is 0 Å². The molecule has 0 bridgehead atoms. The van der Waals surface area contributed by atoms with Gasteiger partial charge in [-0.05, 0) is 45.9 Å². The van der Waals surface area contributed by atoms with Crippen molar-refractivity contribution in [2.45, 2.75) is 6.92 Å². The van der Waals surface area contributed by atoms with Gasteiger partial charge in [0.05, 0.1) is 0 Å². The first-order valence-electron chi connectivity index (χ1n) is 7.32. The Kier molecular flexibility index (Phi) is 2.75. The highest BCUT2D eigenvalue weighted by Crippen LogP contribution is 2.46. The Balaban J connectivity index is 2.06. The van der Waals surface area contributed by atoms with Crippen LogP contribution in [0.15, 0.2) is 78.9 Å². The maximum atomic E-state index is 2.23. The molecule has 0 amide bonds. The molecule has 0 heteroatoms. The third kappa shape index (κ3) is 1.84. The molecule has 0 heterocycles. The summed E-state index contributed by atoms with van der Waals surface area (Å²) in [5, 5.41) is 0. The number of rotatable bonds is 1. The molecule has 0 nitrogen and oxygen atoms in total. The van der Waals surface area contributed by atoms with E-state index in [2.05, 4.69) is 85.8 Å². The van der Waals surface area contributed by atoms with Crippen molar-refractivity contribution < 1.29 is 0 Å². The fraction of sp³-hybridized carbons (Fsp3) is 0.0476. The van der Waals surface area contributed by atoms with Gasteiger partial charge >= 0.3 is 0 Å². The molecule has 1 aliphatic rings. The van der Waals surface area contributed by atoms with Gasteiger partial charge < -0.3 is 0 Å². The normalized spacial score (nSPS) is 12.0. The summed E-state index contributed by atoms with van der Waals surface area (Å²) in [5.41, 5.74) is 9.39. The van der Waals surface area contributed by atoms with Crippen LogP contribution in [0.3, 0.4) is 0 Å². The molecule has 3 aromatic rings. The Bertz CT molecular complexity index is 791. The van der Waals surface area contributed by atoms with Crippen LogP contribution in [0.2, 0.25) is 0 Å². The van der Waals surface area contributed by atoms with E-state index in [9.17, 15) is 0 Å². The molecule has 3 aromatic carbocycles. The van der Waals surface area contributed by atoms with Crippen LogP contribution >= 0.6 is 0 Å². The highest BCUT2D eigenvalue weighted by Gasteiger charge is 2.24. The maximum absolute atomic E-state index is 2.23. The van der Waals surface area contributed by atoms with Gasteiger partial charge in [0.15, 0.2) is 0 Å². The SMILES string of the molecule is CC(=C1c2ccccc2-c2ccccc21)c1ccccc1. The minimum Gasteiger partial charge on any atom is -0.0622 e. The van der Waals surface area contributed by atoms with Gasteiger partial charge in [-0.3, -0.25) is 0 Å². The predicted octanol–water partition coefficient (Wildman–Crippen LogP) is 5.65. The Morgan fingerprint density at radius 1 is 0.524 bits per heavy atom. The Labute approximate surface area is 125 Å². The molecule has 100 valence electrons. The van der Waals surface area contributed by atoms with Gasteiger partial charge in [-0.1, -0.05) is 78.9 Å². The minimum atomic E-state index is 1.29. The standard InChI is InChI=1S/C21H16/c1-15(16-9-3-2-4-10-16)21-19-13-7-5-11-17(19)18-12-6-8-14-20(18)21/h2-14H,1H3. The van der Waals surface area contributed by atoms with E-state index in [0.717, 1.165) is 0 Å². The van der Waals surface area contributed by atoms with Gasteiger partial charge in [0.1, 0.15) is 0 Å². The van der Waals surface area contributed by atoms with Crippen molar-refractivity contribution in [2.75, 3.05) is 0 Å². The second-order valence-corrected chi connectivity index (χ2v) is 5.46. The lowest BCUT2D eigenvalue weighted by molar-refractivity contribution is 1.55. The fourth-order valence-electron chi connectivity index (χ4n) is 3.25. The molecule has 0 spiro atoms. The fourth-order valence-corrected chi connectivity index (χ4v) is 3.25. The average molecular weight is 268 g/mol. The first-order valence-corrected chi connectivity index (χ1v) is 7.32. The van der Waals surface area contributed by atoms with E-state index in [1.165, 1.54) is 39.0 Å². The summed E-state index contributed by atoms with van der Waals surface area (Å²) in [7, 11) is 0. The number of allylic oxidation sites excluding steroid dienone is 1. The van der Waals surface area contributed by atoms with E-state index in [1.807, 2.05) is 0 Å². The first kappa shape index (κ1) is 12.2. The summed E-state index contributed by atoms with van der Waals surface area (Å²) in [4.78, 5) is 0. The molecular weight excluding hydrogens is 252 g/mol. The van der Waals surface area contributed by atoms with E-state index in [0.29, 0.717) is 0 Å². The van der Waals surface area contributed by atoms with Crippen LogP contribution in [0.4, 0.5) is 0 Å². The van der Waals surface area contributed by atoms with Crippen LogP contribution in [0.5, 0.6) is 0 Å². The van der Waals surface area contributed by atoms with Crippen LogP contribution in [-0.4, -0.2) is 0 Å². The molecule has 0 atom stereocenters. The van der Waals surface area contributed by atoms with E-state index < -0.39 is 0 Å². The molecule has 0 saturated carbocycles. The molecule has 0 aromatic heterocycles. The van der Waals surface area contributed by atoms with Crippen LogP contribution in [0.25, 0.3) is 22.3 Å². The van der Waals surface area contributed by atoms with Gasteiger partial charge in [-0.25, -0.2) is 0 Å². The third-order valence-electron chi connectivity index (χ3n) is 4.26. The van der Waals surface area contributed by atoms with Crippen molar-refractivity contribution >= 4 is 11.1 Å². The molecular formula is C21H16. The number of hydrogen-bond donors (Lipinski definition) is 0. The lowest BCUT2D eigenvalue weighted by Crippen LogP contribution is -1.87. The summed E-state index contributed by atoms with van der Waals surface area (Å²) < 4.78 is 0. The van der Waals surface area contributed by atoms with Crippen LogP contribution in [0, 0.1) is 0 Å². The van der Waals surface area contributed by atoms with E-state index >= 15 is 0 Å². The largest absolute Gasteiger partial charge is 0.0622 e. The number of fused-ring (bicyclic) bond motifs is 3. The van der Waals surface area contributed by atoms with Gasteiger partial charge in [-0.15, -0.1) is 0 Å². The Morgan fingerprint density at radius 3 is 1.48 bits per heavy atom. The van der Waals surface area contributed by atoms with Crippen molar-refractivity contribution in [3.63, 3.8) is 0 Å². The molecule has 0 N–H and O–H groups in total. The molecule has 0 fully saturated rings. The van der Waals surface area contributed by atoms with Crippen molar-refractivity contribution in [1.82, 2.24) is 0 Å². The molecule has 0 aliphatic heterocycles. The Morgan fingerprint density at radius 2 is 0.952 bits per heavy atom. The molecule has 1 aliphatic carbocycles. The van der Waals surface area contributed by atoms with Gasteiger partial charge in [0, 0.05) is 0 Å². The maximum Gasteiger partial charge on any atom is -0.00637 e. The number of benzene rings is 3. The quantitative estimate of drug-likeness (QED) is 0.418. The third-order valence-corrected chi connectivity index (χ3v) is 4.26. The molecule has 21 heavy (non-hydrogen) atoms. The van der Waals surface area contributed by atoms with Crippen LogP contribution in [0.1, 0.15) is 23.6 Å². The van der Waals surface area contributed by atoms with E-state index in [-0.39, 0.29) is 0 Å². The van der Waals surface area contributed by atoms with Gasteiger partial charge in [-0.2, -0.15) is 0 Å². The lowest BCUT2D eigenvalue weighted by atomic mass is 9.94. The average Bonchev–Trinajstić information content (AvgIpc) is 2.90. The van der Waals surface area contributed by atoms with Crippen molar-refractivity contribution in [1.29, 1.82) is 0 Å². The van der Waals surface area contributed by atoms with Crippen molar-refractivity contribution in [3.8, 4) is 11.1 Å². The molecule has 4 rings (SSSR count). The van der Waals surface area contributed by atoms with Gasteiger partial charge in [0.2, 0.25) is 0 Å². The summed E-state index contributed by atoms with van der Waals surface area (Å²) in [5.74, 6) is 0. The second kappa shape index (κ2) is 4.75. The first-order chi connectivity index (χ1) is 10.4. The molecule has 0 saturated heterocycles. The van der Waals surface area contributed by atoms with E-state index in [4.69, 9.17) is 0 Å². The zero-order chi connectivity index (χ0) is 14.2. The van der Waals surface area contributed by atoms with Crippen molar-refractivity contribution in [2.24, 2.45) is 0 Å². The van der Waals surface area contributed by atoms with Crippen LogP contribution in [-0.2, 0) is 0 Å². The summed E-state index contributed by atoms with van der Waals surface area (Å²) in [6, 6.07) is 28.1. The smallest absolute Gasteiger partial charge is 0.00637 e. The summed E-state index contributed by atoms with van der Waals surface area (Å²) >= 11 is 0. The Hall–Kier alpha value is -2.60. The van der Waals surface area contributed by atoms with Crippen molar-refractivity contribution in [3.05, 3.63) is 95.6 Å². The zero-order valence-corrected chi connectivity index (χ0v) is 12.0. The van der Waals surface area contributed by atoms with Gasteiger partial charge in [0.25, 0.3) is 0 Å². The molecule has 0 unspecified atom stereocenters. The summed E-state index contributed by atoms with van der Waals surface area (Å²) in [6.07, 6.45) is 0. The predicted molar refractivity (Wildman–Crippen MR) is 89.9 cm³/mol. The topological polar surface area (TPSA) is 0 Å². The minimum absolute atomic E-state index is 1.29. The zero-order valence-electron chi connectivity index (χ0n) is 12.0.